The van der Waals surface area contributed by atoms with Gasteiger partial charge in [-0.15, -0.1) is 12.4 Å². The Morgan fingerprint density at radius 1 is 1.70 bits per heavy atom. The summed E-state index contributed by atoms with van der Waals surface area (Å²) in [6.07, 6.45) is -1.19. The SMILES string of the molecule is Cl.O=C(O)N1CCNC1=O. The van der Waals surface area contributed by atoms with Gasteiger partial charge in [0, 0.05) is 6.54 Å². The Bertz CT molecular complexity index is 161. The molecule has 0 aliphatic carbocycles. The largest absolute Gasteiger partial charge is 0.465 e. The Balaban J connectivity index is 0.000000810. The van der Waals surface area contributed by atoms with Gasteiger partial charge in [-0.3, -0.25) is 0 Å². The van der Waals surface area contributed by atoms with Gasteiger partial charge in [-0.05, 0) is 0 Å². The first-order chi connectivity index (χ1) is 4.22. The number of imide groups is 1. The highest BCUT2D eigenvalue weighted by molar-refractivity contribution is 5.91. The van der Waals surface area contributed by atoms with E-state index in [-0.39, 0.29) is 19.0 Å². The van der Waals surface area contributed by atoms with Crippen LogP contribution in [0.15, 0.2) is 0 Å². The number of hydrogen-bond acceptors (Lipinski definition) is 2. The van der Waals surface area contributed by atoms with Gasteiger partial charge in [0.15, 0.2) is 0 Å². The van der Waals surface area contributed by atoms with Crippen LogP contribution in [0.2, 0.25) is 0 Å². The first-order valence-corrected chi connectivity index (χ1v) is 2.50. The van der Waals surface area contributed by atoms with Crippen LogP contribution in [0.4, 0.5) is 9.59 Å². The molecule has 1 fully saturated rings. The second-order valence-corrected chi connectivity index (χ2v) is 1.67. The molecular formula is C4H7ClN2O3. The number of rotatable bonds is 0. The lowest BCUT2D eigenvalue weighted by Gasteiger charge is -2.03. The Kier molecular flexibility index (Phi) is 2.95. The molecule has 0 aromatic heterocycles. The Morgan fingerprint density at radius 3 is 2.50 bits per heavy atom. The van der Waals surface area contributed by atoms with E-state index in [2.05, 4.69) is 5.32 Å². The zero-order chi connectivity index (χ0) is 6.85. The second-order valence-electron chi connectivity index (χ2n) is 1.67. The van der Waals surface area contributed by atoms with Crippen LogP contribution in [0.1, 0.15) is 0 Å². The molecule has 0 saturated carbocycles. The van der Waals surface area contributed by atoms with Crippen LogP contribution in [0.3, 0.4) is 0 Å². The zero-order valence-electron chi connectivity index (χ0n) is 5.03. The fraction of sp³-hybridized carbons (Fsp3) is 0.500. The van der Waals surface area contributed by atoms with E-state index in [1.54, 1.807) is 0 Å². The van der Waals surface area contributed by atoms with Crippen molar-refractivity contribution in [2.24, 2.45) is 0 Å². The second kappa shape index (κ2) is 3.26. The van der Waals surface area contributed by atoms with Crippen molar-refractivity contribution in [3.8, 4) is 0 Å². The smallest absolute Gasteiger partial charge is 0.415 e. The number of amides is 3. The van der Waals surface area contributed by atoms with Gasteiger partial charge in [-0.25, -0.2) is 14.5 Å². The summed E-state index contributed by atoms with van der Waals surface area (Å²) in [4.78, 5) is 21.3. The third-order valence-corrected chi connectivity index (χ3v) is 1.09. The molecule has 1 aliphatic rings. The van der Waals surface area contributed by atoms with E-state index in [1.165, 1.54) is 0 Å². The van der Waals surface area contributed by atoms with Crippen LogP contribution in [0.5, 0.6) is 0 Å². The lowest BCUT2D eigenvalue weighted by Crippen LogP contribution is -2.32. The predicted octanol–water partition coefficient (Wildman–Crippen LogP) is 0.111. The summed E-state index contributed by atoms with van der Waals surface area (Å²) >= 11 is 0. The Hall–Kier alpha value is -0.970. The maximum Gasteiger partial charge on any atom is 0.415 e. The highest BCUT2D eigenvalue weighted by atomic mass is 35.5. The normalized spacial score (nSPS) is 16.0. The minimum absolute atomic E-state index is 0. The van der Waals surface area contributed by atoms with Gasteiger partial charge >= 0.3 is 12.1 Å². The molecule has 1 rings (SSSR count). The Labute approximate surface area is 63.4 Å². The molecule has 3 amide bonds. The third-order valence-electron chi connectivity index (χ3n) is 1.09. The van der Waals surface area contributed by atoms with Crippen molar-refractivity contribution in [2.45, 2.75) is 0 Å². The van der Waals surface area contributed by atoms with Gasteiger partial charge in [-0.1, -0.05) is 0 Å². The summed E-state index contributed by atoms with van der Waals surface area (Å²) in [6, 6.07) is -0.525. The van der Waals surface area contributed by atoms with E-state index in [4.69, 9.17) is 5.11 Å². The lowest BCUT2D eigenvalue weighted by atomic mass is 10.6. The van der Waals surface area contributed by atoms with Crippen molar-refractivity contribution in [3.05, 3.63) is 0 Å². The van der Waals surface area contributed by atoms with Crippen LogP contribution >= 0.6 is 12.4 Å². The molecule has 0 spiro atoms. The number of carbonyl (C=O) groups is 2. The van der Waals surface area contributed by atoms with E-state index < -0.39 is 12.1 Å². The molecule has 6 heteroatoms. The van der Waals surface area contributed by atoms with E-state index in [0.717, 1.165) is 4.90 Å². The van der Waals surface area contributed by atoms with Gasteiger partial charge in [0.25, 0.3) is 0 Å². The van der Waals surface area contributed by atoms with E-state index in [9.17, 15) is 9.59 Å². The van der Waals surface area contributed by atoms with E-state index in [1.807, 2.05) is 0 Å². The van der Waals surface area contributed by atoms with Gasteiger partial charge < -0.3 is 10.4 Å². The first kappa shape index (κ1) is 9.03. The fourth-order valence-corrected chi connectivity index (χ4v) is 0.654. The van der Waals surface area contributed by atoms with Crippen LogP contribution in [-0.2, 0) is 0 Å². The molecule has 5 nitrogen and oxygen atoms in total. The van der Waals surface area contributed by atoms with E-state index in [0.29, 0.717) is 6.54 Å². The molecule has 1 aliphatic heterocycles. The van der Waals surface area contributed by atoms with Gasteiger partial charge in [0.2, 0.25) is 0 Å². The van der Waals surface area contributed by atoms with Crippen LogP contribution in [-0.4, -0.2) is 35.2 Å². The maximum absolute atomic E-state index is 10.4. The maximum atomic E-state index is 10.4. The van der Waals surface area contributed by atoms with E-state index >= 15 is 0 Å². The van der Waals surface area contributed by atoms with Crippen LogP contribution in [0.25, 0.3) is 0 Å². The number of carboxylic acid groups (broad SMARTS) is 1. The molecular weight excluding hydrogens is 160 g/mol. The topological polar surface area (TPSA) is 69.6 Å². The molecule has 0 atom stereocenters. The molecule has 1 heterocycles. The quantitative estimate of drug-likeness (QED) is 0.537. The highest BCUT2D eigenvalue weighted by Gasteiger charge is 2.24. The summed E-state index contributed by atoms with van der Waals surface area (Å²) in [6.45, 7) is 0.680. The van der Waals surface area contributed by atoms with Gasteiger partial charge in [0.1, 0.15) is 0 Å². The molecule has 1 saturated heterocycles. The molecule has 10 heavy (non-hydrogen) atoms. The summed E-state index contributed by atoms with van der Waals surface area (Å²) in [5.41, 5.74) is 0. The van der Waals surface area contributed by atoms with Crippen molar-refractivity contribution >= 4 is 24.5 Å². The molecule has 0 radical (unpaired) electrons. The fourth-order valence-electron chi connectivity index (χ4n) is 0.654. The number of carbonyl (C=O) groups excluding carboxylic acids is 1. The van der Waals surface area contributed by atoms with Crippen LogP contribution < -0.4 is 5.32 Å². The molecule has 0 aromatic rings. The number of urea groups is 1. The third kappa shape index (κ3) is 1.51. The van der Waals surface area contributed by atoms with Crippen molar-refractivity contribution in [2.75, 3.05) is 13.1 Å². The highest BCUT2D eigenvalue weighted by Crippen LogP contribution is 1.95. The minimum Gasteiger partial charge on any atom is -0.465 e. The number of hydrogen-bond donors (Lipinski definition) is 2. The molecule has 0 unspecified atom stereocenters. The number of nitrogens with zero attached hydrogens (tertiary/aromatic N) is 1. The lowest BCUT2D eigenvalue weighted by molar-refractivity contribution is 0.158. The van der Waals surface area contributed by atoms with Crippen molar-refractivity contribution < 1.29 is 14.7 Å². The van der Waals surface area contributed by atoms with Crippen molar-refractivity contribution in [1.29, 1.82) is 0 Å². The average molecular weight is 167 g/mol. The Morgan fingerprint density at radius 2 is 2.30 bits per heavy atom. The molecule has 0 aromatic carbocycles. The van der Waals surface area contributed by atoms with Gasteiger partial charge in [-0.2, -0.15) is 0 Å². The standard InChI is InChI=1S/C4H6N2O3.ClH/c7-3-5-1-2-6(3)4(8)9;/h1-2H2,(H,5,7)(H,8,9);1H. The minimum atomic E-state index is -1.19. The van der Waals surface area contributed by atoms with Crippen LogP contribution in [0, 0.1) is 0 Å². The zero-order valence-corrected chi connectivity index (χ0v) is 5.85. The predicted molar refractivity (Wildman–Crippen MR) is 35.4 cm³/mol. The molecule has 0 bridgehead atoms. The summed E-state index contributed by atoms with van der Waals surface area (Å²) in [7, 11) is 0. The average Bonchev–Trinajstić information content (AvgIpc) is 2.13. The van der Waals surface area contributed by atoms with Crippen molar-refractivity contribution in [3.63, 3.8) is 0 Å². The van der Waals surface area contributed by atoms with Gasteiger partial charge in [0.05, 0.1) is 6.54 Å². The van der Waals surface area contributed by atoms with Crippen molar-refractivity contribution in [1.82, 2.24) is 10.2 Å². The number of nitrogens with one attached hydrogen (secondary N) is 1. The first-order valence-electron chi connectivity index (χ1n) is 2.50. The summed E-state index contributed by atoms with van der Waals surface area (Å²) in [5.74, 6) is 0. The monoisotopic (exact) mass is 166 g/mol. The summed E-state index contributed by atoms with van der Waals surface area (Å²) < 4.78 is 0. The molecule has 58 valence electrons. The summed E-state index contributed by atoms with van der Waals surface area (Å²) in [5, 5.41) is 10.6. The molecule has 2 N–H and O–H groups in total. The number of halogens is 1.